The summed E-state index contributed by atoms with van der Waals surface area (Å²) < 4.78 is 25.6. The highest BCUT2D eigenvalue weighted by Crippen LogP contribution is 2.44. The van der Waals surface area contributed by atoms with E-state index in [1.54, 1.807) is 44.2 Å². The third-order valence-corrected chi connectivity index (χ3v) is 5.70. The van der Waals surface area contributed by atoms with Crippen molar-refractivity contribution in [2.45, 2.75) is 51.1 Å². The minimum absolute atomic E-state index is 0.421. The van der Waals surface area contributed by atoms with Gasteiger partial charge in [-0.05, 0) is 26.8 Å². The molecule has 0 radical (unpaired) electrons. The summed E-state index contributed by atoms with van der Waals surface area (Å²) in [6.45, 7) is 5.99. The Balaban J connectivity index is 1.58. The molecule has 0 unspecified atom stereocenters. The van der Waals surface area contributed by atoms with Crippen molar-refractivity contribution in [3.63, 3.8) is 0 Å². The second kappa shape index (κ2) is 9.00. The molecule has 2 saturated heterocycles. The zero-order valence-corrected chi connectivity index (χ0v) is 20.0. The van der Waals surface area contributed by atoms with E-state index in [2.05, 4.69) is 25.7 Å². The predicted octanol–water partition coefficient (Wildman–Crippen LogP) is 1.42. The second-order valence-corrected chi connectivity index (χ2v) is 8.49. The van der Waals surface area contributed by atoms with Crippen LogP contribution in [0.25, 0.3) is 22.6 Å². The van der Waals surface area contributed by atoms with E-state index in [1.165, 1.54) is 7.11 Å². The number of fused-ring (bicyclic) bond motifs is 2. The van der Waals surface area contributed by atoms with E-state index >= 15 is 0 Å². The highest BCUT2D eigenvalue weighted by atomic mass is 16.8. The van der Waals surface area contributed by atoms with Crippen LogP contribution in [0.3, 0.4) is 0 Å². The van der Waals surface area contributed by atoms with E-state index in [-0.39, 0.29) is 0 Å². The molecule has 2 N–H and O–H groups in total. The standard InChI is InChI=1S/C22H27N7O6/c1-6-32-12-7-11(8-24-9-12)17-26-18(23-4)13-19(27-17)29(10-25-13)21-16-14(34-22(2,3)35-16)15(33-21)20(30)28-31-5/h7-10,14-16,21H,6H2,1-5H3,(H,28,30)(H,23,26,27)/t14-,15+,16-,21-/m1/s1. The third kappa shape index (κ3) is 4.16. The van der Waals surface area contributed by atoms with Gasteiger partial charge in [0.15, 0.2) is 40.9 Å². The van der Waals surface area contributed by atoms with Gasteiger partial charge < -0.3 is 24.3 Å². The molecule has 4 atom stereocenters. The summed E-state index contributed by atoms with van der Waals surface area (Å²) in [4.78, 5) is 35.6. The fourth-order valence-corrected chi connectivity index (χ4v) is 4.36. The average Bonchev–Trinajstić information content (AvgIpc) is 3.49. The molecule has 3 aromatic rings. The number of carbonyl (C=O) groups is 1. The molecule has 2 aliphatic rings. The minimum Gasteiger partial charge on any atom is -0.492 e. The molecule has 5 heterocycles. The molecule has 35 heavy (non-hydrogen) atoms. The van der Waals surface area contributed by atoms with Crippen molar-refractivity contribution in [2.24, 2.45) is 0 Å². The quantitative estimate of drug-likeness (QED) is 0.469. The van der Waals surface area contributed by atoms with E-state index in [1.807, 2.05) is 13.0 Å². The lowest BCUT2D eigenvalue weighted by molar-refractivity contribution is -0.199. The van der Waals surface area contributed by atoms with Gasteiger partial charge in [0.1, 0.15) is 18.0 Å². The Labute approximate surface area is 201 Å². The number of imidazole rings is 1. The predicted molar refractivity (Wildman–Crippen MR) is 122 cm³/mol. The van der Waals surface area contributed by atoms with Gasteiger partial charge in [-0.2, -0.15) is 0 Å². The number of hydrogen-bond acceptors (Lipinski definition) is 11. The lowest BCUT2D eigenvalue weighted by Gasteiger charge is -2.24. The first-order chi connectivity index (χ1) is 16.8. The maximum absolute atomic E-state index is 12.6. The van der Waals surface area contributed by atoms with E-state index < -0.39 is 36.2 Å². The van der Waals surface area contributed by atoms with Crippen LogP contribution in [-0.2, 0) is 23.8 Å². The maximum Gasteiger partial charge on any atom is 0.275 e. The van der Waals surface area contributed by atoms with Gasteiger partial charge in [0.25, 0.3) is 5.91 Å². The van der Waals surface area contributed by atoms with Gasteiger partial charge in [0, 0.05) is 18.8 Å². The van der Waals surface area contributed by atoms with Crippen molar-refractivity contribution in [3.8, 4) is 17.1 Å². The highest BCUT2D eigenvalue weighted by Gasteiger charge is 2.58. The Morgan fingerprint density at radius 3 is 2.77 bits per heavy atom. The van der Waals surface area contributed by atoms with Crippen molar-refractivity contribution in [1.29, 1.82) is 0 Å². The molecule has 186 valence electrons. The molecule has 5 rings (SSSR count). The summed E-state index contributed by atoms with van der Waals surface area (Å²) >= 11 is 0. The molecule has 0 aromatic carbocycles. The first kappa shape index (κ1) is 23.4. The van der Waals surface area contributed by atoms with Crippen LogP contribution in [0.2, 0.25) is 0 Å². The molecule has 0 aliphatic carbocycles. The number of hydroxylamine groups is 1. The number of anilines is 1. The first-order valence-corrected chi connectivity index (χ1v) is 11.2. The topological polar surface area (TPSA) is 144 Å². The van der Waals surface area contributed by atoms with Crippen LogP contribution in [0, 0.1) is 0 Å². The van der Waals surface area contributed by atoms with Gasteiger partial charge in [-0.1, -0.05) is 0 Å². The number of nitrogens with zero attached hydrogens (tertiary/aromatic N) is 5. The monoisotopic (exact) mass is 485 g/mol. The Hall–Kier alpha value is -3.39. The van der Waals surface area contributed by atoms with Crippen LogP contribution in [0.5, 0.6) is 5.75 Å². The molecule has 0 saturated carbocycles. The summed E-state index contributed by atoms with van der Waals surface area (Å²) in [6, 6.07) is 1.82. The van der Waals surface area contributed by atoms with Gasteiger partial charge in [-0.3, -0.25) is 19.2 Å². The maximum atomic E-state index is 12.6. The summed E-state index contributed by atoms with van der Waals surface area (Å²) in [5.41, 5.74) is 4.02. The second-order valence-electron chi connectivity index (χ2n) is 8.49. The van der Waals surface area contributed by atoms with Crippen LogP contribution in [0.15, 0.2) is 24.8 Å². The van der Waals surface area contributed by atoms with Crippen LogP contribution < -0.4 is 15.5 Å². The van der Waals surface area contributed by atoms with Crippen molar-refractivity contribution >= 4 is 22.9 Å². The van der Waals surface area contributed by atoms with Gasteiger partial charge >= 0.3 is 0 Å². The Kier molecular flexibility index (Phi) is 6.01. The van der Waals surface area contributed by atoms with Crippen LogP contribution in [0.4, 0.5) is 5.82 Å². The number of hydrogen-bond donors (Lipinski definition) is 2. The Morgan fingerprint density at radius 1 is 1.23 bits per heavy atom. The molecule has 1 amide bonds. The number of amides is 1. The number of ether oxygens (including phenoxy) is 4. The van der Waals surface area contributed by atoms with Gasteiger partial charge in [-0.25, -0.2) is 20.4 Å². The molecule has 0 spiro atoms. The minimum atomic E-state index is -0.957. The number of pyridine rings is 1. The largest absolute Gasteiger partial charge is 0.492 e. The van der Waals surface area contributed by atoms with Crippen molar-refractivity contribution in [1.82, 2.24) is 30.0 Å². The number of rotatable bonds is 7. The normalized spacial score (nSPS) is 24.9. The fraction of sp³-hybridized carbons (Fsp3) is 0.500. The fourth-order valence-electron chi connectivity index (χ4n) is 4.36. The SMILES string of the molecule is CCOc1cncc(-c2nc(NC)c3ncn([C@@H]4O[C@H](C(=O)NOC)[C@H]5OC(C)(C)O[C@H]54)c3n2)c1. The molecule has 2 fully saturated rings. The van der Waals surface area contributed by atoms with Crippen LogP contribution in [-0.4, -0.2) is 75.3 Å². The van der Waals surface area contributed by atoms with E-state index in [0.29, 0.717) is 40.7 Å². The summed E-state index contributed by atoms with van der Waals surface area (Å²) in [5, 5.41) is 3.07. The Morgan fingerprint density at radius 2 is 2.03 bits per heavy atom. The molecule has 2 aliphatic heterocycles. The van der Waals surface area contributed by atoms with Crippen molar-refractivity contribution in [3.05, 3.63) is 24.8 Å². The average molecular weight is 486 g/mol. The molecular formula is C22H27N7O6. The van der Waals surface area contributed by atoms with Crippen LogP contribution in [0.1, 0.15) is 27.0 Å². The highest BCUT2D eigenvalue weighted by molar-refractivity contribution is 5.85. The molecular weight excluding hydrogens is 458 g/mol. The van der Waals surface area contributed by atoms with Gasteiger partial charge in [0.05, 0.1) is 26.2 Å². The zero-order chi connectivity index (χ0) is 24.7. The lowest BCUT2D eigenvalue weighted by atomic mass is 10.1. The summed E-state index contributed by atoms with van der Waals surface area (Å²) in [7, 11) is 3.11. The molecule has 13 heteroatoms. The molecule has 3 aromatic heterocycles. The summed E-state index contributed by atoms with van der Waals surface area (Å²) in [5.74, 6) is 0.185. The smallest absolute Gasteiger partial charge is 0.275 e. The summed E-state index contributed by atoms with van der Waals surface area (Å²) in [6.07, 6.45) is 1.94. The third-order valence-electron chi connectivity index (χ3n) is 5.70. The number of aromatic nitrogens is 5. The number of carbonyl (C=O) groups excluding carboxylic acids is 1. The first-order valence-electron chi connectivity index (χ1n) is 11.2. The van der Waals surface area contributed by atoms with Crippen molar-refractivity contribution < 1.29 is 28.6 Å². The van der Waals surface area contributed by atoms with E-state index in [9.17, 15) is 4.79 Å². The van der Waals surface area contributed by atoms with E-state index in [0.717, 1.165) is 0 Å². The van der Waals surface area contributed by atoms with Crippen LogP contribution >= 0.6 is 0 Å². The van der Waals surface area contributed by atoms with Gasteiger partial charge in [0.2, 0.25) is 0 Å². The number of nitrogens with one attached hydrogen (secondary N) is 2. The molecule has 0 bridgehead atoms. The lowest BCUT2D eigenvalue weighted by Crippen LogP contribution is -2.42. The zero-order valence-electron chi connectivity index (χ0n) is 20.0. The van der Waals surface area contributed by atoms with E-state index in [4.69, 9.17) is 28.8 Å². The Bertz CT molecular complexity index is 1250. The van der Waals surface area contributed by atoms with Crippen molar-refractivity contribution in [2.75, 3.05) is 26.1 Å². The molecule has 13 nitrogen and oxygen atoms in total. The van der Waals surface area contributed by atoms with Gasteiger partial charge in [-0.15, -0.1) is 0 Å².